The first kappa shape index (κ1) is 14.9. The monoisotopic (exact) mass is 294 g/mol. The van der Waals surface area contributed by atoms with Crippen molar-refractivity contribution in [3.05, 3.63) is 24.3 Å². The Labute approximate surface area is 106 Å². The van der Waals surface area contributed by atoms with Crippen molar-refractivity contribution in [1.82, 2.24) is 9.44 Å². The molecule has 1 aromatic carbocycles. The first-order chi connectivity index (χ1) is 8.28. The second-order valence-electron chi connectivity index (χ2n) is 3.39. The van der Waals surface area contributed by atoms with Crippen LogP contribution in [0.25, 0.3) is 0 Å². The molecule has 0 saturated heterocycles. The lowest BCUT2D eigenvalue weighted by Gasteiger charge is -2.08. The Bertz CT molecular complexity index is 610. The maximum atomic E-state index is 11.7. The molecule has 1 aromatic rings. The van der Waals surface area contributed by atoms with Crippen molar-refractivity contribution < 1.29 is 21.9 Å². The molecule has 0 aromatic heterocycles. The van der Waals surface area contributed by atoms with Crippen LogP contribution in [0.15, 0.2) is 29.2 Å². The van der Waals surface area contributed by atoms with Crippen molar-refractivity contribution in [3.63, 3.8) is 0 Å². The molecule has 0 aliphatic heterocycles. The van der Waals surface area contributed by atoms with Crippen molar-refractivity contribution in [2.75, 3.05) is 19.3 Å². The zero-order valence-corrected chi connectivity index (χ0v) is 11.3. The molecule has 0 heterocycles. The maximum Gasteiger partial charge on any atom is 0.244 e. The highest BCUT2D eigenvalue weighted by Crippen LogP contribution is 2.20. The van der Waals surface area contributed by atoms with E-state index in [1.807, 2.05) is 0 Å². The fourth-order valence-electron chi connectivity index (χ4n) is 1.17. The summed E-state index contributed by atoms with van der Waals surface area (Å²) >= 11 is 0. The quantitative estimate of drug-likeness (QED) is 0.637. The van der Waals surface area contributed by atoms with Crippen molar-refractivity contribution >= 4 is 20.0 Å². The molecule has 18 heavy (non-hydrogen) atoms. The van der Waals surface area contributed by atoms with E-state index in [2.05, 4.69) is 9.44 Å². The molecule has 0 bridgehead atoms. The van der Waals surface area contributed by atoms with Crippen LogP contribution in [0.2, 0.25) is 0 Å². The van der Waals surface area contributed by atoms with Crippen LogP contribution in [0.3, 0.4) is 0 Å². The predicted octanol–water partition coefficient (Wildman–Crippen LogP) is -0.780. The van der Waals surface area contributed by atoms with Crippen LogP contribution in [0.1, 0.15) is 0 Å². The minimum atomic E-state index is -3.91. The number of rotatable bonds is 6. The Morgan fingerprint density at radius 1 is 1.17 bits per heavy atom. The Morgan fingerprint density at radius 3 is 2.33 bits per heavy atom. The topological polar surface area (TPSA) is 113 Å². The minimum Gasteiger partial charge on any atom is -0.507 e. The average Bonchev–Trinajstić information content (AvgIpc) is 2.29. The molecule has 3 N–H and O–H groups in total. The summed E-state index contributed by atoms with van der Waals surface area (Å²) in [6, 6.07) is 5.40. The Kier molecular flexibility index (Phi) is 4.68. The summed E-state index contributed by atoms with van der Waals surface area (Å²) in [6.45, 7) is -0.278. The molecule has 0 aliphatic carbocycles. The second kappa shape index (κ2) is 5.65. The van der Waals surface area contributed by atoms with Gasteiger partial charge in [0.05, 0.1) is 5.75 Å². The molecule has 0 atom stereocenters. The number of aromatic hydroxyl groups is 1. The highest BCUT2D eigenvalue weighted by molar-refractivity contribution is 7.90. The van der Waals surface area contributed by atoms with Crippen LogP contribution in [0, 0.1) is 0 Å². The molecule has 0 saturated carbocycles. The van der Waals surface area contributed by atoms with Gasteiger partial charge >= 0.3 is 0 Å². The van der Waals surface area contributed by atoms with E-state index in [0.717, 1.165) is 0 Å². The zero-order chi connectivity index (χ0) is 13.8. The van der Waals surface area contributed by atoms with E-state index in [-0.39, 0.29) is 22.9 Å². The van der Waals surface area contributed by atoms with Gasteiger partial charge < -0.3 is 5.11 Å². The summed E-state index contributed by atoms with van der Waals surface area (Å²) < 4.78 is 49.8. The van der Waals surface area contributed by atoms with Gasteiger partial charge in [-0.05, 0) is 19.2 Å². The SMILES string of the molecule is CNS(=O)(=O)CCNS(=O)(=O)c1ccccc1O. The lowest BCUT2D eigenvalue weighted by atomic mass is 10.3. The van der Waals surface area contributed by atoms with Crippen LogP contribution in [-0.2, 0) is 20.0 Å². The minimum absolute atomic E-state index is 0.278. The lowest BCUT2D eigenvalue weighted by molar-refractivity contribution is 0.458. The highest BCUT2D eigenvalue weighted by Gasteiger charge is 2.18. The molecule has 102 valence electrons. The van der Waals surface area contributed by atoms with E-state index in [1.54, 1.807) is 0 Å². The Hall–Kier alpha value is -1.16. The van der Waals surface area contributed by atoms with Gasteiger partial charge in [-0.15, -0.1) is 0 Å². The van der Waals surface area contributed by atoms with Crippen molar-refractivity contribution in [3.8, 4) is 5.75 Å². The third-order valence-electron chi connectivity index (χ3n) is 2.13. The number of phenols is 1. The molecule has 1 rings (SSSR count). The van der Waals surface area contributed by atoms with Gasteiger partial charge in [0.2, 0.25) is 20.0 Å². The third kappa shape index (κ3) is 3.95. The van der Waals surface area contributed by atoms with Gasteiger partial charge in [-0.2, -0.15) is 0 Å². The summed E-state index contributed by atoms with van der Waals surface area (Å²) in [6.07, 6.45) is 0. The standard InChI is InChI=1S/C9H14N2O5S2/c1-10-17(13,14)7-6-11-18(15,16)9-5-3-2-4-8(9)12/h2-5,10-12H,6-7H2,1H3. The van der Waals surface area contributed by atoms with Gasteiger partial charge in [0, 0.05) is 6.54 Å². The number of nitrogens with one attached hydrogen (secondary N) is 2. The molecule has 0 spiro atoms. The van der Waals surface area contributed by atoms with Gasteiger partial charge in [0.1, 0.15) is 10.6 Å². The molecule has 0 amide bonds. The highest BCUT2D eigenvalue weighted by atomic mass is 32.2. The summed E-state index contributed by atoms with van der Waals surface area (Å²) in [4.78, 5) is -0.285. The van der Waals surface area contributed by atoms with E-state index in [9.17, 15) is 21.9 Å². The van der Waals surface area contributed by atoms with Gasteiger partial charge in [-0.1, -0.05) is 12.1 Å². The zero-order valence-electron chi connectivity index (χ0n) is 9.62. The van der Waals surface area contributed by atoms with Crippen molar-refractivity contribution in [1.29, 1.82) is 0 Å². The van der Waals surface area contributed by atoms with Crippen LogP contribution in [0.4, 0.5) is 0 Å². The van der Waals surface area contributed by atoms with Gasteiger partial charge in [0.25, 0.3) is 0 Å². The van der Waals surface area contributed by atoms with E-state index in [4.69, 9.17) is 0 Å². The molecule has 9 heteroatoms. The normalized spacial score (nSPS) is 12.5. The fourth-order valence-corrected chi connectivity index (χ4v) is 3.01. The molecule has 0 unspecified atom stereocenters. The first-order valence-corrected chi connectivity index (χ1v) is 8.11. The average molecular weight is 294 g/mol. The summed E-state index contributed by atoms with van der Waals surface area (Å²) in [5, 5.41) is 9.40. The smallest absolute Gasteiger partial charge is 0.244 e. The largest absolute Gasteiger partial charge is 0.507 e. The van der Waals surface area contributed by atoms with Crippen LogP contribution in [0.5, 0.6) is 5.75 Å². The van der Waals surface area contributed by atoms with Crippen LogP contribution < -0.4 is 9.44 Å². The molecular formula is C9H14N2O5S2. The number of benzene rings is 1. The van der Waals surface area contributed by atoms with Gasteiger partial charge in [-0.3, -0.25) is 0 Å². The number of hydrogen-bond donors (Lipinski definition) is 3. The number of hydrogen-bond acceptors (Lipinski definition) is 5. The van der Waals surface area contributed by atoms with Crippen LogP contribution in [-0.4, -0.2) is 41.3 Å². The lowest BCUT2D eigenvalue weighted by Crippen LogP contribution is -2.33. The second-order valence-corrected chi connectivity index (χ2v) is 7.17. The van der Waals surface area contributed by atoms with E-state index < -0.39 is 20.0 Å². The van der Waals surface area contributed by atoms with E-state index in [1.165, 1.54) is 31.3 Å². The molecule has 0 fully saturated rings. The molecular weight excluding hydrogens is 280 g/mol. The fraction of sp³-hybridized carbons (Fsp3) is 0.333. The Balaban J connectivity index is 2.76. The number of phenolic OH excluding ortho intramolecular Hbond substituents is 1. The number of sulfonamides is 2. The molecule has 0 radical (unpaired) electrons. The summed E-state index contributed by atoms with van der Waals surface area (Å²) in [7, 11) is -6.14. The third-order valence-corrected chi connectivity index (χ3v) is 5.00. The van der Waals surface area contributed by atoms with E-state index in [0.29, 0.717) is 0 Å². The first-order valence-electron chi connectivity index (χ1n) is 4.97. The van der Waals surface area contributed by atoms with Gasteiger partial charge in [-0.25, -0.2) is 26.3 Å². The van der Waals surface area contributed by atoms with Gasteiger partial charge in [0.15, 0.2) is 0 Å². The van der Waals surface area contributed by atoms with Crippen LogP contribution >= 0.6 is 0 Å². The van der Waals surface area contributed by atoms with Crippen molar-refractivity contribution in [2.24, 2.45) is 0 Å². The predicted molar refractivity (Wildman–Crippen MR) is 66.1 cm³/mol. The summed E-state index contributed by atoms with van der Waals surface area (Å²) in [5.74, 6) is -0.766. The summed E-state index contributed by atoms with van der Waals surface area (Å²) in [5.41, 5.74) is 0. The maximum absolute atomic E-state index is 11.7. The Morgan fingerprint density at radius 2 is 1.78 bits per heavy atom. The molecule has 0 aliphatic rings. The molecule has 7 nitrogen and oxygen atoms in total. The van der Waals surface area contributed by atoms with E-state index >= 15 is 0 Å². The number of para-hydroxylation sites is 1. The van der Waals surface area contributed by atoms with Crippen molar-refractivity contribution in [2.45, 2.75) is 4.90 Å².